The maximum absolute atomic E-state index is 12.9. The van der Waals surface area contributed by atoms with Gasteiger partial charge in [-0.2, -0.15) is 0 Å². The second-order valence-corrected chi connectivity index (χ2v) is 7.71. The van der Waals surface area contributed by atoms with Crippen LogP contribution in [0, 0.1) is 5.92 Å². The van der Waals surface area contributed by atoms with Crippen LogP contribution in [-0.2, 0) is 20.9 Å². The smallest absolute Gasteiger partial charge is 0.274 e. The summed E-state index contributed by atoms with van der Waals surface area (Å²) in [5.41, 5.74) is 1.11. The molecule has 0 saturated carbocycles. The van der Waals surface area contributed by atoms with E-state index in [1.807, 2.05) is 11.0 Å². The van der Waals surface area contributed by atoms with E-state index in [0.29, 0.717) is 38.3 Å². The molecule has 1 fully saturated rings. The lowest BCUT2D eigenvalue weighted by Crippen LogP contribution is -2.49. The number of pyridine rings is 1. The molecule has 8 heteroatoms. The fourth-order valence-corrected chi connectivity index (χ4v) is 4.07. The SMILES string of the molecule is COCCC(=O)N1C[C@@H]2C[C@H](C1)c1ccc(NC(=O)CN(C)C)c(=O)n1C2. The van der Waals surface area contributed by atoms with E-state index < -0.39 is 0 Å². The first-order valence-electron chi connectivity index (χ1n) is 9.34. The highest BCUT2D eigenvalue weighted by Gasteiger charge is 2.36. The van der Waals surface area contributed by atoms with Crippen molar-refractivity contribution in [1.29, 1.82) is 0 Å². The van der Waals surface area contributed by atoms with Gasteiger partial charge in [0.2, 0.25) is 11.8 Å². The van der Waals surface area contributed by atoms with Gasteiger partial charge in [0.05, 0.1) is 19.6 Å². The Morgan fingerprint density at radius 3 is 2.74 bits per heavy atom. The summed E-state index contributed by atoms with van der Waals surface area (Å²) in [7, 11) is 5.20. The molecule has 2 atom stereocenters. The Labute approximate surface area is 159 Å². The van der Waals surface area contributed by atoms with E-state index >= 15 is 0 Å². The number of methoxy groups -OCH3 is 1. The third kappa shape index (κ3) is 4.39. The second-order valence-electron chi connectivity index (χ2n) is 7.71. The van der Waals surface area contributed by atoms with Gasteiger partial charge in [0.25, 0.3) is 5.56 Å². The Bertz CT molecular complexity index is 773. The molecule has 1 aromatic rings. The van der Waals surface area contributed by atoms with Crippen molar-refractivity contribution in [3.05, 3.63) is 28.2 Å². The van der Waals surface area contributed by atoms with Gasteiger partial charge >= 0.3 is 0 Å². The molecule has 148 valence electrons. The molecule has 8 nitrogen and oxygen atoms in total. The summed E-state index contributed by atoms with van der Waals surface area (Å²) in [5, 5.41) is 2.72. The predicted molar refractivity (Wildman–Crippen MR) is 102 cm³/mol. The zero-order chi connectivity index (χ0) is 19.6. The zero-order valence-corrected chi connectivity index (χ0v) is 16.2. The van der Waals surface area contributed by atoms with Crippen LogP contribution in [0.5, 0.6) is 0 Å². The van der Waals surface area contributed by atoms with Crippen molar-refractivity contribution in [2.75, 3.05) is 52.8 Å². The van der Waals surface area contributed by atoms with Crippen molar-refractivity contribution >= 4 is 17.5 Å². The molecular formula is C19H28N4O4. The van der Waals surface area contributed by atoms with Crippen molar-refractivity contribution in [1.82, 2.24) is 14.4 Å². The van der Waals surface area contributed by atoms with Gasteiger partial charge in [0.15, 0.2) is 0 Å². The van der Waals surface area contributed by atoms with Gasteiger partial charge in [-0.15, -0.1) is 0 Å². The highest BCUT2D eigenvalue weighted by atomic mass is 16.5. The summed E-state index contributed by atoms with van der Waals surface area (Å²) in [6.07, 6.45) is 1.37. The van der Waals surface area contributed by atoms with E-state index in [-0.39, 0.29) is 35.8 Å². The second kappa shape index (κ2) is 8.22. The Morgan fingerprint density at radius 2 is 2.04 bits per heavy atom. The average molecular weight is 376 g/mol. The Kier molecular flexibility index (Phi) is 5.96. The molecule has 1 N–H and O–H groups in total. The van der Waals surface area contributed by atoms with Gasteiger partial charge in [-0.3, -0.25) is 14.4 Å². The highest BCUT2D eigenvalue weighted by Crippen LogP contribution is 2.35. The molecule has 2 aliphatic heterocycles. The van der Waals surface area contributed by atoms with Crippen molar-refractivity contribution in [3.8, 4) is 0 Å². The number of likely N-dealkylation sites (N-methyl/N-ethyl adjacent to an activating group) is 1. The van der Waals surface area contributed by atoms with Crippen LogP contribution in [0.1, 0.15) is 24.5 Å². The van der Waals surface area contributed by atoms with Crippen LogP contribution in [-0.4, -0.2) is 73.6 Å². The lowest BCUT2D eigenvalue weighted by atomic mass is 9.83. The van der Waals surface area contributed by atoms with E-state index in [2.05, 4.69) is 5.32 Å². The number of hydrogen-bond donors (Lipinski definition) is 1. The van der Waals surface area contributed by atoms with Crippen LogP contribution >= 0.6 is 0 Å². The number of ether oxygens (including phenoxy) is 1. The summed E-state index contributed by atoms with van der Waals surface area (Å²) in [5.74, 6) is 0.315. The Balaban J connectivity index is 1.77. The van der Waals surface area contributed by atoms with Crippen LogP contribution < -0.4 is 10.9 Å². The highest BCUT2D eigenvalue weighted by molar-refractivity contribution is 5.92. The number of nitrogens with zero attached hydrogens (tertiary/aromatic N) is 3. The molecule has 27 heavy (non-hydrogen) atoms. The first-order chi connectivity index (χ1) is 12.9. The lowest BCUT2D eigenvalue weighted by Gasteiger charge is -2.43. The van der Waals surface area contributed by atoms with Crippen LogP contribution in [0.25, 0.3) is 0 Å². The lowest BCUT2D eigenvalue weighted by molar-refractivity contribution is -0.134. The molecule has 2 amide bonds. The third-order valence-corrected chi connectivity index (χ3v) is 5.21. The summed E-state index contributed by atoms with van der Waals surface area (Å²) in [6.45, 7) is 2.53. The molecule has 0 aromatic carbocycles. The largest absolute Gasteiger partial charge is 0.384 e. The molecule has 0 aliphatic carbocycles. The van der Waals surface area contributed by atoms with Gasteiger partial charge in [-0.1, -0.05) is 0 Å². The van der Waals surface area contributed by atoms with E-state index in [1.165, 1.54) is 0 Å². The summed E-state index contributed by atoms with van der Waals surface area (Å²) in [4.78, 5) is 40.9. The van der Waals surface area contributed by atoms with Crippen molar-refractivity contribution < 1.29 is 14.3 Å². The van der Waals surface area contributed by atoms with E-state index in [1.54, 1.807) is 36.7 Å². The molecule has 1 aromatic heterocycles. The Hall–Kier alpha value is -2.19. The van der Waals surface area contributed by atoms with Gasteiger partial charge in [-0.25, -0.2) is 0 Å². The topological polar surface area (TPSA) is 83.9 Å². The zero-order valence-electron chi connectivity index (χ0n) is 16.2. The van der Waals surface area contributed by atoms with Gasteiger partial charge in [0, 0.05) is 38.4 Å². The number of rotatable bonds is 6. The minimum absolute atomic E-state index is 0.106. The minimum Gasteiger partial charge on any atom is -0.384 e. The van der Waals surface area contributed by atoms with E-state index in [9.17, 15) is 14.4 Å². The van der Waals surface area contributed by atoms with Gasteiger partial charge in [-0.05, 0) is 38.6 Å². The summed E-state index contributed by atoms with van der Waals surface area (Å²) >= 11 is 0. The molecule has 0 unspecified atom stereocenters. The molecule has 2 bridgehead atoms. The number of likely N-dealkylation sites (tertiary alicyclic amines) is 1. The average Bonchev–Trinajstić information content (AvgIpc) is 2.61. The van der Waals surface area contributed by atoms with Gasteiger partial charge in [0.1, 0.15) is 5.69 Å². The quantitative estimate of drug-likeness (QED) is 0.774. The molecule has 0 spiro atoms. The number of amides is 2. The molecule has 1 saturated heterocycles. The van der Waals surface area contributed by atoms with E-state index in [4.69, 9.17) is 4.74 Å². The predicted octanol–water partition coefficient (Wildman–Crippen LogP) is 0.331. The van der Waals surface area contributed by atoms with Crippen LogP contribution in [0.15, 0.2) is 16.9 Å². The summed E-state index contributed by atoms with van der Waals surface area (Å²) in [6, 6.07) is 3.60. The summed E-state index contributed by atoms with van der Waals surface area (Å²) < 4.78 is 6.79. The number of aromatic nitrogens is 1. The minimum atomic E-state index is -0.205. The van der Waals surface area contributed by atoms with Crippen molar-refractivity contribution in [3.63, 3.8) is 0 Å². The number of anilines is 1. The molecule has 0 radical (unpaired) electrons. The first-order valence-corrected chi connectivity index (χ1v) is 9.34. The number of carbonyl (C=O) groups is 2. The van der Waals surface area contributed by atoms with Gasteiger partial charge < -0.3 is 24.4 Å². The van der Waals surface area contributed by atoms with Crippen molar-refractivity contribution in [2.24, 2.45) is 5.92 Å². The van der Waals surface area contributed by atoms with Crippen LogP contribution in [0.3, 0.4) is 0 Å². The molecule has 3 heterocycles. The van der Waals surface area contributed by atoms with Crippen LogP contribution in [0.4, 0.5) is 5.69 Å². The first kappa shape index (κ1) is 19.6. The van der Waals surface area contributed by atoms with E-state index in [0.717, 1.165) is 12.1 Å². The number of carbonyl (C=O) groups excluding carboxylic acids is 2. The normalized spacial score (nSPS) is 21.1. The van der Waals surface area contributed by atoms with Crippen LogP contribution in [0.2, 0.25) is 0 Å². The van der Waals surface area contributed by atoms with Crippen molar-refractivity contribution in [2.45, 2.75) is 25.3 Å². The standard InChI is InChI=1S/C19H28N4O4/c1-21(2)12-17(24)20-15-4-5-16-14-8-13(10-23(16)19(15)26)9-22(11-14)18(25)6-7-27-3/h4-5,13-14H,6-12H2,1-3H3,(H,20,24)/t13-,14+/m0/s1. The number of hydrogen-bond acceptors (Lipinski definition) is 5. The molecular weight excluding hydrogens is 348 g/mol. The molecule has 3 rings (SSSR count). The number of nitrogens with one attached hydrogen (secondary N) is 1. The fraction of sp³-hybridized carbons (Fsp3) is 0.632. The Morgan fingerprint density at radius 1 is 1.26 bits per heavy atom. The monoisotopic (exact) mass is 376 g/mol. The third-order valence-electron chi connectivity index (χ3n) is 5.21. The fourth-order valence-electron chi connectivity index (χ4n) is 4.07. The number of fused-ring (bicyclic) bond motifs is 4. The molecule has 2 aliphatic rings. The number of piperidine rings is 1. The maximum Gasteiger partial charge on any atom is 0.274 e. The maximum atomic E-state index is 12.9.